The molecule has 0 saturated heterocycles. The van der Waals surface area contributed by atoms with Crippen molar-refractivity contribution in [1.82, 2.24) is 4.98 Å². The zero-order valence-corrected chi connectivity index (χ0v) is 30.3. The molecule has 4 nitrogen and oxygen atoms in total. The molecular formula is C37H31Br2CrN3OSi. The number of halogens is 2. The van der Waals surface area contributed by atoms with Crippen molar-refractivity contribution in [2.45, 2.75) is 13.8 Å². The molecule has 0 spiro atoms. The fourth-order valence-electron chi connectivity index (χ4n) is 5.55. The number of para-hydroxylation sites is 1. The summed E-state index contributed by atoms with van der Waals surface area (Å²) < 4.78 is 0. The summed E-state index contributed by atoms with van der Waals surface area (Å²) in [5.74, 6) is 0.265. The fourth-order valence-corrected chi connectivity index (χ4v) is 10.5. The first-order valence-electron chi connectivity index (χ1n) is 14.1. The summed E-state index contributed by atoms with van der Waals surface area (Å²) in [4.78, 5) is 9.36. The molecule has 6 aromatic rings. The van der Waals surface area contributed by atoms with E-state index in [0.717, 1.165) is 27.3 Å². The van der Waals surface area contributed by atoms with E-state index in [0.29, 0.717) is 17.1 Å². The van der Waals surface area contributed by atoms with Gasteiger partial charge in [-0.3, -0.25) is 9.98 Å². The van der Waals surface area contributed by atoms with Crippen LogP contribution in [0.1, 0.15) is 18.1 Å². The number of nitrogens with zero attached hydrogens (tertiary/aromatic N) is 3. The van der Waals surface area contributed by atoms with E-state index in [4.69, 9.17) is 10.3 Å². The van der Waals surface area contributed by atoms with E-state index in [1.807, 2.05) is 54.6 Å². The number of phenolic OH excluding ortho intramolecular Hbond substituents is 1. The van der Waals surface area contributed by atoms with Crippen LogP contribution >= 0.6 is 28.1 Å². The van der Waals surface area contributed by atoms with Gasteiger partial charge in [0.1, 0.15) is 5.75 Å². The zero-order chi connectivity index (χ0) is 32.1. The standard InChI is InChI=1S/C35H28N2OSi.C2H3N.2BrH.Cr/c1-26-23-28(25-37-32-21-11-13-27-14-12-22-36-34(27)32)35(38)33(24-26)39(29-15-5-2-6-16-29,30-17-7-3-8-18-30)31-19-9-4-10-20-31;1-2-3;;;/h2-25,38H,1H3;1H3;2*1H;/q;;;;+2/p-2. The van der Waals surface area contributed by atoms with Crippen LogP contribution in [-0.2, 0) is 11.6 Å². The number of aliphatic imine (C=N–C) groups is 1. The van der Waals surface area contributed by atoms with Gasteiger partial charge in [-0.1, -0.05) is 121 Å². The van der Waals surface area contributed by atoms with E-state index in [1.54, 1.807) is 18.5 Å². The van der Waals surface area contributed by atoms with Gasteiger partial charge >= 0.3 is 39.7 Å². The molecule has 0 radical (unpaired) electrons. The number of benzene rings is 5. The predicted octanol–water partition coefficient (Wildman–Crippen LogP) is 7.60. The summed E-state index contributed by atoms with van der Waals surface area (Å²) in [7, 11) is -2.88. The van der Waals surface area contributed by atoms with Crippen LogP contribution in [0.15, 0.2) is 145 Å². The second kappa shape index (κ2) is 17.0. The van der Waals surface area contributed by atoms with Crippen molar-refractivity contribution in [2.75, 3.05) is 0 Å². The minimum atomic E-state index is -2.88. The molecule has 45 heavy (non-hydrogen) atoms. The van der Waals surface area contributed by atoms with Crippen LogP contribution in [0.3, 0.4) is 0 Å². The molecule has 1 N–H and O–H groups in total. The van der Waals surface area contributed by atoms with E-state index in [9.17, 15) is 5.11 Å². The fraction of sp³-hybridized carbons (Fsp3) is 0.0541. The number of nitriles is 1. The molecule has 8 heteroatoms. The number of phenols is 1. The van der Waals surface area contributed by atoms with E-state index in [2.05, 4.69) is 119 Å². The van der Waals surface area contributed by atoms with Crippen LogP contribution < -0.4 is 20.7 Å². The van der Waals surface area contributed by atoms with Crippen LogP contribution in [0.5, 0.6) is 5.75 Å². The quantitative estimate of drug-likeness (QED) is 0.108. The van der Waals surface area contributed by atoms with Crippen LogP contribution in [-0.4, -0.2) is 24.4 Å². The third kappa shape index (κ3) is 7.89. The Morgan fingerprint density at radius 1 is 0.778 bits per heavy atom. The van der Waals surface area contributed by atoms with Gasteiger partial charge in [-0.05, 0) is 45.9 Å². The number of hydrogen-bond donors (Lipinski definition) is 1. The third-order valence-electron chi connectivity index (χ3n) is 7.26. The van der Waals surface area contributed by atoms with Crippen molar-refractivity contribution >= 4 is 79.7 Å². The summed E-state index contributed by atoms with van der Waals surface area (Å²) in [6.07, 6.45) is 3.55. The second-order valence-electron chi connectivity index (χ2n) is 9.99. The Hall–Kier alpha value is -3.82. The van der Waals surface area contributed by atoms with Crippen molar-refractivity contribution < 1.29 is 16.7 Å². The number of hydrogen-bond acceptors (Lipinski definition) is 4. The number of aromatic nitrogens is 1. The second-order valence-corrected chi connectivity index (χ2v) is 20.2. The maximum atomic E-state index is 12.1. The molecule has 0 amide bonds. The zero-order valence-electron chi connectivity index (χ0n) is 24.8. The summed E-state index contributed by atoms with van der Waals surface area (Å²) in [5, 5.41) is 25.0. The molecule has 6 rings (SSSR count). The molecule has 0 saturated carbocycles. The molecule has 0 unspecified atom stereocenters. The molecule has 0 atom stereocenters. The number of aryl methyl sites for hydroxylation is 1. The Morgan fingerprint density at radius 3 is 1.78 bits per heavy atom. The molecule has 224 valence electrons. The Morgan fingerprint density at radius 2 is 1.27 bits per heavy atom. The monoisotopic (exact) mass is 771 g/mol. The summed E-state index contributed by atoms with van der Waals surface area (Å²) in [5.41, 5.74) is 3.37. The number of aromatic hydroxyl groups is 1. The van der Waals surface area contributed by atoms with Crippen molar-refractivity contribution in [3.8, 4) is 11.8 Å². The van der Waals surface area contributed by atoms with Gasteiger partial charge in [0.15, 0.2) is 8.07 Å². The number of pyridine rings is 1. The average Bonchev–Trinajstić information content (AvgIpc) is 3.08. The number of fused-ring (bicyclic) bond motifs is 1. The van der Waals surface area contributed by atoms with Gasteiger partial charge in [0, 0.05) is 30.3 Å². The molecule has 1 aromatic heterocycles. The SMILES string of the molecule is CC#N.Cc1cc(C=Nc2cccc3cccnc23)c(O)c([Si](c2ccccc2)(c2ccccc2)c2ccccc2)c1.[Br][Cr][Br]. The molecule has 1 heterocycles. The summed E-state index contributed by atoms with van der Waals surface area (Å²) in [6, 6.07) is 47.7. The Bertz CT molecular complexity index is 1800. The van der Waals surface area contributed by atoms with Crippen molar-refractivity contribution in [1.29, 1.82) is 5.26 Å². The van der Waals surface area contributed by atoms with Gasteiger partial charge in [0.25, 0.3) is 0 Å². The van der Waals surface area contributed by atoms with Crippen LogP contribution in [0.25, 0.3) is 10.9 Å². The van der Waals surface area contributed by atoms with E-state index in [-0.39, 0.29) is 5.75 Å². The van der Waals surface area contributed by atoms with E-state index >= 15 is 0 Å². The van der Waals surface area contributed by atoms with Gasteiger partial charge in [-0.25, -0.2) is 0 Å². The third-order valence-corrected chi connectivity index (χ3v) is 12.0. The van der Waals surface area contributed by atoms with E-state index < -0.39 is 8.07 Å². The van der Waals surface area contributed by atoms with Gasteiger partial charge in [0.05, 0.1) is 17.3 Å². The van der Waals surface area contributed by atoms with Crippen LogP contribution in [0.2, 0.25) is 0 Å². The van der Waals surface area contributed by atoms with Crippen molar-refractivity contribution in [2.24, 2.45) is 4.99 Å². The van der Waals surface area contributed by atoms with Crippen molar-refractivity contribution in [3.63, 3.8) is 0 Å². The first-order chi connectivity index (χ1) is 22.0. The molecule has 0 aliphatic carbocycles. The molecular weight excluding hydrogens is 742 g/mol. The Balaban J connectivity index is 0.000000713. The first-order valence-corrected chi connectivity index (χ1v) is 22.4. The van der Waals surface area contributed by atoms with Crippen LogP contribution in [0.4, 0.5) is 5.69 Å². The molecule has 5 aromatic carbocycles. The average molecular weight is 774 g/mol. The molecule has 0 aliphatic heterocycles. The number of rotatable bonds is 6. The summed E-state index contributed by atoms with van der Waals surface area (Å²) in [6.45, 7) is 3.51. The Kier molecular flexibility index (Phi) is 12.9. The first kappa shape index (κ1) is 34.1. The van der Waals surface area contributed by atoms with E-state index in [1.165, 1.54) is 22.5 Å². The summed E-state index contributed by atoms with van der Waals surface area (Å²) >= 11 is 6.75. The molecule has 0 bridgehead atoms. The van der Waals surface area contributed by atoms with Gasteiger partial charge in [-0.15, -0.1) is 0 Å². The van der Waals surface area contributed by atoms with Gasteiger partial charge in [0.2, 0.25) is 0 Å². The predicted molar refractivity (Wildman–Crippen MR) is 195 cm³/mol. The normalized spacial score (nSPS) is 10.7. The topological polar surface area (TPSA) is 69.3 Å². The maximum absolute atomic E-state index is 12.1. The molecule has 0 fully saturated rings. The van der Waals surface area contributed by atoms with Crippen molar-refractivity contribution in [3.05, 3.63) is 151 Å². The Labute approximate surface area is 286 Å². The molecule has 0 aliphatic rings. The van der Waals surface area contributed by atoms with Crippen LogP contribution in [0, 0.1) is 18.3 Å². The van der Waals surface area contributed by atoms with Gasteiger partial charge < -0.3 is 5.11 Å². The minimum absolute atomic E-state index is 0.265. The van der Waals surface area contributed by atoms with Gasteiger partial charge in [-0.2, -0.15) is 5.26 Å².